The first-order valence-electron chi connectivity index (χ1n) is 4.60. The second-order valence-corrected chi connectivity index (χ2v) is 4.13. The van der Waals surface area contributed by atoms with E-state index in [-0.39, 0.29) is 0 Å². The molecule has 3 rings (SSSR count). The van der Waals surface area contributed by atoms with Crippen molar-refractivity contribution in [1.29, 1.82) is 0 Å². The van der Waals surface area contributed by atoms with E-state index in [0.29, 0.717) is 0 Å². The zero-order valence-corrected chi connectivity index (χ0v) is 8.42. The number of rotatable bonds is 1. The molecule has 2 aromatic rings. The molecule has 0 unspecified atom stereocenters. The minimum Gasteiger partial charge on any atom is -0.324 e. The SMILES string of the molecule is c1csc(-c2ncc3n2CCNC3)n1. The molecule has 1 aliphatic heterocycles. The lowest BCUT2D eigenvalue weighted by molar-refractivity contribution is 0.519. The number of imidazole rings is 1. The summed E-state index contributed by atoms with van der Waals surface area (Å²) in [5, 5.41) is 6.32. The Kier molecular flexibility index (Phi) is 1.85. The van der Waals surface area contributed by atoms with E-state index in [2.05, 4.69) is 19.9 Å². The molecule has 1 N–H and O–H groups in total. The van der Waals surface area contributed by atoms with Crippen LogP contribution in [-0.2, 0) is 13.1 Å². The first-order valence-corrected chi connectivity index (χ1v) is 5.48. The van der Waals surface area contributed by atoms with Crippen molar-refractivity contribution in [2.24, 2.45) is 0 Å². The molecule has 14 heavy (non-hydrogen) atoms. The topological polar surface area (TPSA) is 42.7 Å². The lowest BCUT2D eigenvalue weighted by Crippen LogP contribution is -2.27. The van der Waals surface area contributed by atoms with Gasteiger partial charge in [0, 0.05) is 31.2 Å². The largest absolute Gasteiger partial charge is 0.324 e. The Hall–Kier alpha value is -1.20. The molecule has 0 aromatic carbocycles. The number of nitrogens with one attached hydrogen (secondary N) is 1. The maximum atomic E-state index is 4.41. The number of aromatic nitrogens is 3. The van der Waals surface area contributed by atoms with Crippen LogP contribution in [0.3, 0.4) is 0 Å². The van der Waals surface area contributed by atoms with Crippen LogP contribution in [0.15, 0.2) is 17.8 Å². The van der Waals surface area contributed by atoms with Crippen LogP contribution in [0, 0.1) is 0 Å². The van der Waals surface area contributed by atoms with Gasteiger partial charge in [-0.25, -0.2) is 9.97 Å². The van der Waals surface area contributed by atoms with Crippen molar-refractivity contribution in [3.63, 3.8) is 0 Å². The van der Waals surface area contributed by atoms with Crippen LogP contribution in [0.5, 0.6) is 0 Å². The maximum Gasteiger partial charge on any atom is 0.169 e. The molecule has 0 aliphatic carbocycles. The highest BCUT2D eigenvalue weighted by Crippen LogP contribution is 2.22. The molecule has 0 amide bonds. The Morgan fingerprint density at radius 2 is 2.43 bits per heavy atom. The Morgan fingerprint density at radius 1 is 1.43 bits per heavy atom. The van der Waals surface area contributed by atoms with E-state index in [1.165, 1.54) is 5.69 Å². The molecule has 72 valence electrons. The van der Waals surface area contributed by atoms with Crippen molar-refractivity contribution in [2.45, 2.75) is 13.1 Å². The van der Waals surface area contributed by atoms with E-state index in [1.807, 2.05) is 17.8 Å². The molecule has 5 heteroatoms. The van der Waals surface area contributed by atoms with Crippen molar-refractivity contribution in [3.05, 3.63) is 23.5 Å². The summed E-state index contributed by atoms with van der Waals surface area (Å²) in [7, 11) is 0. The summed E-state index contributed by atoms with van der Waals surface area (Å²) in [4.78, 5) is 8.69. The van der Waals surface area contributed by atoms with Gasteiger partial charge in [-0.1, -0.05) is 0 Å². The summed E-state index contributed by atoms with van der Waals surface area (Å²) < 4.78 is 2.25. The van der Waals surface area contributed by atoms with Gasteiger partial charge in [-0.15, -0.1) is 11.3 Å². The first-order chi connectivity index (χ1) is 6.95. The smallest absolute Gasteiger partial charge is 0.169 e. The first kappa shape index (κ1) is 8.14. The van der Waals surface area contributed by atoms with Crippen LogP contribution in [0.1, 0.15) is 5.69 Å². The summed E-state index contributed by atoms with van der Waals surface area (Å²) in [5.74, 6) is 1.01. The van der Waals surface area contributed by atoms with Gasteiger partial charge in [0.15, 0.2) is 10.8 Å². The zero-order chi connectivity index (χ0) is 9.38. The summed E-state index contributed by atoms with van der Waals surface area (Å²) >= 11 is 1.64. The molecular formula is C9H10N4S. The quantitative estimate of drug-likeness (QED) is 0.760. The van der Waals surface area contributed by atoms with E-state index in [1.54, 1.807) is 11.3 Å². The lowest BCUT2D eigenvalue weighted by Gasteiger charge is -2.16. The minimum atomic E-state index is 0.915. The van der Waals surface area contributed by atoms with Crippen LogP contribution in [0.25, 0.3) is 10.8 Å². The molecule has 0 fully saturated rings. The van der Waals surface area contributed by atoms with Gasteiger partial charge < -0.3 is 9.88 Å². The Labute approximate surface area is 85.6 Å². The Balaban J connectivity index is 2.11. The van der Waals surface area contributed by atoms with Gasteiger partial charge in [0.05, 0.1) is 11.9 Å². The van der Waals surface area contributed by atoms with Crippen molar-refractivity contribution in [1.82, 2.24) is 19.9 Å². The van der Waals surface area contributed by atoms with Crippen molar-refractivity contribution < 1.29 is 0 Å². The molecule has 0 atom stereocenters. The minimum absolute atomic E-state index is 0.915. The third-order valence-corrected chi connectivity index (χ3v) is 3.15. The van der Waals surface area contributed by atoms with Gasteiger partial charge in [0.25, 0.3) is 0 Å². The van der Waals surface area contributed by atoms with Gasteiger partial charge in [-0.3, -0.25) is 0 Å². The number of thiazole rings is 1. The Bertz CT molecular complexity index is 432. The normalized spacial score (nSPS) is 15.4. The van der Waals surface area contributed by atoms with Crippen LogP contribution in [-0.4, -0.2) is 21.1 Å². The molecule has 1 aliphatic rings. The van der Waals surface area contributed by atoms with Gasteiger partial charge in [0.1, 0.15) is 0 Å². The number of nitrogens with zero attached hydrogens (tertiary/aromatic N) is 3. The highest BCUT2D eigenvalue weighted by molar-refractivity contribution is 7.13. The molecule has 0 radical (unpaired) electrons. The standard InChI is InChI=1S/C9H10N4S/c1-3-13-7(5-10-1)6-12-8(13)9-11-2-4-14-9/h2,4,6,10H,1,3,5H2. The third-order valence-electron chi connectivity index (χ3n) is 2.38. The molecule has 0 bridgehead atoms. The van der Waals surface area contributed by atoms with E-state index in [4.69, 9.17) is 0 Å². The van der Waals surface area contributed by atoms with Gasteiger partial charge in [-0.05, 0) is 0 Å². The van der Waals surface area contributed by atoms with Crippen molar-refractivity contribution in [3.8, 4) is 10.8 Å². The summed E-state index contributed by atoms with van der Waals surface area (Å²) in [6.45, 7) is 2.92. The monoisotopic (exact) mass is 206 g/mol. The third kappa shape index (κ3) is 1.17. The van der Waals surface area contributed by atoms with Crippen LogP contribution in [0.4, 0.5) is 0 Å². The summed E-state index contributed by atoms with van der Waals surface area (Å²) in [6, 6.07) is 0. The molecule has 0 saturated carbocycles. The highest BCUT2D eigenvalue weighted by atomic mass is 32.1. The average molecular weight is 206 g/mol. The summed E-state index contributed by atoms with van der Waals surface area (Å²) in [6.07, 6.45) is 3.76. The lowest BCUT2D eigenvalue weighted by atomic mass is 10.3. The average Bonchev–Trinajstić information content (AvgIpc) is 2.85. The van der Waals surface area contributed by atoms with Gasteiger partial charge >= 0.3 is 0 Å². The maximum absolute atomic E-state index is 4.41. The van der Waals surface area contributed by atoms with Crippen LogP contribution < -0.4 is 5.32 Å². The van der Waals surface area contributed by atoms with E-state index >= 15 is 0 Å². The van der Waals surface area contributed by atoms with Gasteiger partial charge in [-0.2, -0.15) is 0 Å². The molecule has 4 nitrogen and oxygen atoms in total. The zero-order valence-electron chi connectivity index (χ0n) is 7.60. The van der Waals surface area contributed by atoms with Crippen LogP contribution >= 0.6 is 11.3 Å². The molecule has 2 aromatic heterocycles. The van der Waals surface area contributed by atoms with Gasteiger partial charge in [0.2, 0.25) is 0 Å². The van der Waals surface area contributed by atoms with E-state index in [9.17, 15) is 0 Å². The molecule has 3 heterocycles. The second-order valence-electron chi connectivity index (χ2n) is 3.24. The fourth-order valence-corrected chi connectivity index (χ4v) is 2.35. The van der Waals surface area contributed by atoms with E-state index < -0.39 is 0 Å². The molecule has 0 saturated heterocycles. The van der Waals surface area contributed by atoms with Crippen molar-refractivity contribution >= 4 is 11.3 Å². The van der Waals surface area contributed by atoms with E-state index in [0.717, 1.165) is 30.5 Å². The molecular weight excluding hydrogens is 196 g/mol. The Morgan fingerprint density at radius 3 is 3.29 bits per heavy atom. The predicted molar refractivity (Wildman–Crippen MR) is 55.0 cm³/mol. The predicted octanol–water partition coefficient (Wildman–Crippen LogP) is 1.11. The number of hydrogen-bond acceptors (Lipinski definition) is 4. The second kappa shape index (κ2) is 3.18. The fourth-order valence-electron chi connectivity index (χ4n) is 1.71. The van der Waals surface area contributed by atoms with Crippen molar-refractivity contribution in [2.75, 3.05) is 6.54 Å². The number of fused-ring (bicyclic) bond motifs is 1. The molecule has 0 spiro atoms. The number of hydrogen-bond donors (Lipinski definition) is 1. The van der Waals surface area contributed by atoms with Crippen LogP contribution in [0.2, 0.25) is 0 Å². The summed E-state index contributed by atoms with van der Waals surface area (Å²) in [5.41, 5.74) is 1.25. The fraction of sp³-hybridized carbons (Fsp3) is 0.333. The highest BCUT2D eigenvalue weighted by Gasteiger charge is 2.15.